The van der Waals surface area contributed by atoms with Crippen LogP contribution in [0.3, 0.4) is 0 Å². The number of aliphatic hydroxyl groups excluding tert-OH is 1. The molecule has 4 nitrogen and oxygen atoms in total. The van der Waals surface area contributed by atoms with Crippen LogP contribution >= 0.6 is 0 Å². The molecule has 1 N–H and O–H groups in total. The van der Waals surface area contributed by atoms with Gasteiger partial charge in [0.15, 0.2) is 0 Å². The minimum Gasteiger partial charge on any atom is -0.507 e. The van der Waals surface area contributed by atoms with Crippen molar-refractivity contribution in [1.29, 1.82) is 0 Å². The molecule has 2 aliphatic rings. The molecule has 0 spiro atoms. The summed E-state index contributed by atoms with van der Waals surface area (Å²) in [6, 6.07) is 5.12. The number of carbonyl (C=O) groups is 1. The van der Waals surface area contributed by atoms with Gasteiger partial charge in [0, 0.05) is 5.56 Å². The monoisotopic (exact) mass is 217 g/mol. The number of aliphatic hydroxyl groups is 1. The number of hydrogen-bond donors (Lipinski definition) is 1. The van der Waals surface area contributed by atoms with Gasteiger partial charge in [-0.15, -0.1) is 0 Å². The first-order valence-electron chi connectivity index (χ1n) is 5.20. The zero-order valence-corrected chi connectivity index (χ0v) is 8.59. The number of para-hydroxylation sites is 1. The van der Waals surface area contributed by atoms with Crippen molar-refractivity contribution in [1.82, 2.24) is 0 Å². The fourth-order valence-electron chi connectivity index (χ4n) is 2.26. The molecule has 1 atom stereocenters. The van der Waals surface area contributed by atoms with E-state index in [1.165, 1.54) is 0 Å². The lowest BCUT2D eigenvalue weighted by molar-refractivity contribution is -0.108. The standard InChI is InChI=1S/C12H11NO3/c14-7-8-6-10(15)9-2-1-3-11-12(9)13(8)4-5-16-11/h1-3,6-8,15H,4-5H2. The van der Waals surface area contributed by atoms with Crippen LogP contribution in [0.15, 0.2) is 24.3 Å². The van der Waals surface area contributed by atoms with Crippen molar-refractivity contribution >= 4 is 17.7 Å². The summed E-state index contributed by atoms with van der Waals surface area (Å²) in [5.74, 6) is 0.881. The van der Waals surface area contributed by atoms with Crippen molar-refractivity contribution in [3.05, 3.63) is 29.8 Å². The van der Waals surface area contributed by atoms with E-state index in [0.717, 1.165) is 23.3 Å². The predicted molar refractivity (Wildman–Crippen MR) is 59.7 cm³/mol. The number of benzene rings is 1. The van der Waals surface area contributed by atoms with Crippen molar-refractivity contribution < 1.29 is 14.6 Å². The van der Waals surface area contributed by atoms with E-state index < -0.39 is 6.04 Å². The maximum atomic E-state index is 11.0. The Balaban J connectivity index is 2.24. The number of nitrogens with zero attached hydrogens (tertiary/aromatic N) is 1. The average Bonchev–Trinajstić information content (AvgIpc) is 2.33. The molecule has 0 fully saturated rings. The van der Waals surface area contributed by atoms with E-state index in [-0.39, 0.29) is 5.76 Å². The molecule has 3 rings (SSSR count). The molecule has 0 saturated carbocycles. The molecule has 0 aliphatic carbocycles. The highest BCUT2D eigenvalue weighted by molar-refractivity contribution is 5.87. The first-order valence-corrected chi connectivity index (χ1v) is 5.20. The van der Waals surface area contributed by atoms with E-state index in [9.17, 15) is 9.90 Å². The summed E-state index contributed by atoms with van der Waals surface area (Å²) in [6.07, 6.45) is 2.41. The van der Waals surface area contributed by atoms with E-state index in [1.54, 1.807) is 6.08 Å². The van der Waals surface area contributed by atoms with Crippen molar-refractivity contribution in [3.8, 4) is 5.75 Å². The van der Waals surface area contributed by atoms with Gasteiger partial charge in [-0.2, -0.15) is 0 Å². The molecule has 1 unspecified atom stereocenters. The Morgan fingerprint density at radius 1 is 1.50 bits per heavy atom. The van der Waals surface area contributed by atoms with Gasteiger partial charge in [0.05, 0.1) is 12.2 Å². The smallest absolute Gasteiger partial charge is 0.146 e. The summed E-state index contributed by atoms with van der Waals surface area (Å²) in [6.45, 7) is 1.23. The van der Waals surface area contributed by atoms with Gasteiger partial charge >= 0.3 is 0 Å². The topological polar surface area (TPSA) is 49.8 Å². The first-order chi connectivity index (χ1) is 7.81. The molecule has 0 bridgehead atoms. The number of aldehydes is 1. The Bertz CT molecular complexity index is 481. The Labute approximate surface area is 92.7 Å². The van der Waals surface area contributed by atoms with Crippen LogP contribution < -0.4 is 9.64 Å². The normalized spacial score (nSPS) is 21.9. The molecule has 1 aromatic carbocycles. The van der Waals surface area contributed by atoms with E-state index >= 15 is 0 Å². The van der Waals surface area contributed by atoms with Gasteiger partial charge in [-0.1, -0.05) is 6.07 Å². The maximum Gasteiger partial charge on any atom is 0.146 e. The highest BCUT2D eigenvalue weighted by atomic mass is 16.5. The minimum atomic E-state index is -0.391. The van der Waals surface area contributed by atoms with Crippen LogP contribution in [0.2, 0.25) is 0 Å². The Hall–Kier alpha value is -1.97. The fraction of sp³-hybridized carbons (Fsp3) is 0.250. The van der Waals surface area contributed by atoms with Gasteiger partial charge in [-0.25, -0.2) is 0 Å². The number of ether oxygens (including phenoxy) is 1. The van der Waals surface area contributed by atoms with Crippen molar-refractivity contribution in [2.75, 3.05) is 18.1 Å². The SMILES string of the molecule is O=CC1C=C(O)c2cccc3c2N1CCO3. The van der Waals surface area contributed by atoms with Crippen molar-refractivity contribution in [3.63, 3.8) is 0 Å². The molecule has 4 heteroatoms. The molecule has 2 heterocycles. The zero-order chi connectivity index (χ0) is 11.1. The molecule has 0 saturated heterocycles. The lowest BCUT2D eigenvalue weighted by Gasteiger charge is -2.37. The Morgan fingerprint density at radius 2 is 2.38 bits per heavy atom. The molecule has 0 radical (unpaired) electrons. The molecule has 0 aromatic heterocycles. The van der Waals surface area contributed by atoms with Gasteiger partial charge in [-0.3, -0.25) is 0 Å². The van der Waals surface area contributed by atoms with Crippen molar-refractivity contribution in [2.45, 2.75) is 6.04 Å². The van der Waals surface area contributed by atoms with Crippen LogP contribution in [0.4, 0.5) is 5.69 Å². The molecule has 0 amide bonds. The summed E-state index contributed by atoms with van der Waals surface area (Å²) >= 11 is 0. The van der Waals surface area contributed by atoms with Crippen LogP contribution in [0, 0.1) is 0 Å². The number of rotatable bonds is 1. The van der Waals surface area contributed by atoms with Crippen LogP contribution in [0.25, 0.3) is 5.76 Å². The van der Waals surface area contributed by atoms with E-state index in [2.05, 4.69) is 0 Å². The average molecular weight is 217 g/mol. The van der Waals surface area contributed by atoms with Gasteiger partial charge in [0.25, 0.3) is 0 Å². The second kappa shape index (κ2) is 3.27. The summed E-state index contributed by atoms with van der Waals surface area (Å²) < 4.78 is 5.52. The van der Waals surface area contributed by atoms with E-state index in [0.29, 0.717) is 13.2 Å². The molecule has 82 valence electrons. The molecular weight excluding hydrogens is 206 g/mol. The molecular formula is C12H11NO3. The molecule has 1 aromatic rings. The summed E-state index contributed by atoms with van der Waals surface area (Å²) in [7, 11) is 0. The maximum absolute atomic E-state index is 11.0. The summed E-state index contributed by atoms with van der Waals surface area (Å²) in [5.41, 5.74) is 1.56. The van der Waals surface area contributed by atoms with Gasteiger partial charge in [0.2, 0.25) is 0 Å². The summed E-state index contributed by atoms with van der Waals surface area (Å²) in [5, 5.41) is 9.84. The third-order valence-electron chi connectivity index (χ3n) is 2.98. The molecule has 16 heavy (non-hydrogen) atoms. The lowest BCUT2D eigenvalue weighted by Crippen LogP contribution is -2.43. The first kappa shape index (κ1) is 9.27. The number of carbonyl (C=O) groups excluding carboxylic acids is 1. The van der Waals surface area contributed by atoms with Gasteiger partial charge < -0.3 is 19.5 Å². The van der Waals surface area contributed by atoms with Crippen LogP contribution in [-0.2, 0) is 4.79 Å². The van der Waals surface area contributed by atoms with Gasteiger partial charge in [-0.05, 0) is 18.2 Å². The predicted octanol–water partition coefficient (Wildman–Crippen LogP) is 1.37. The van der Waals surface area contributed by atoms with E-state index in [4.69, 9.17) is 4.74 Å². The highest BCUT2D eigenvalue weighted by Crippen LogP contribution is 2.41. The summed E-state index contributed by atoms with van der Waals surface area (Å²) in [4.78, 5) is 12.9. The second-order valence-corrected chi connectivity index (χ2v) is 3.87. The third kappa shape index (κ3) is 1.13. The third-order valence-corrected chi connectivity index (χ3v) is 2.98. The van der Waals surface area contributed by atoms with Crippen LogP contribution in [0.1, 0.15) is 5.56 Å². The highest BCUT2D eigenvalue weighted by Gasteiger charge is 2.31. The molecule has 2 aliphatic heterocycles. The van der Waals surface area contributed by atoms with Crippen molar-refractivity contribution in [2.24, 2.45) is 0 Å². The fourth-order valence-corrected chi connectivity index (χ4v) is 2.26. The lowest BCUT2D eigenvalue weighted by atomic mass is 10.00. The van der Waals surface area contributed by atoms with Crippen LogP contribution in [-0.4, -0.2) is 30.6 Å². The van der Waals surface area contributed by atoms with Crippen LogP contribution in [0.5, 0.6) is 5.75 Å². The quantitative estimate of drug-likeness (QED) is 0.722. The minimum absolute atomic E-state index is 0.149. The van der Waals surface area contributed by atoms with E-state index in [1.807, 2.05) is 23.1 Å². The zero-order valence-electron chi connectivity index (χ0n) is 8.59. The Kier molecular flexibility index (Phi) is 1.89. The number of anilines is 1. The van der Waals surface area contributed by atoms with Gasteiger partial charge in [0.1, 0.15) is 30.4 Å². The largest absolute Gasteiger partial charge is 0.507 e. The Morgan fingerprint density at radius 3 is 3.19 bits per heavy atom. The second-order valence-electron chi connectivity index (χ2n) is 3.87. The number of hydrogen-bond acceptors (Lipinski definition) is 4.